The predicted octanol–water partition coefficient (Wildman–Crippen LogP) is 3.51. The van der Waals surface area contributed by atoms with Crippen LogP contribution in [0.25, 0.3) is 22.5 Å². The molecule has 1 aromatic carbocycles. The molecular formula is C14H7BrO5. The minimum Gasteiger partial charge on any atom is -0.477 e. The Morgan fingerprint density at radius 3 is 2.70 bits per heavy atom. The maximum atomic E-state index is 12.3. The van der Waals surface area contributed by atoms with Crippen molar-refractivity contribution in [2.75, 3.05) is 0 Å². The summed E-state index contributed by atoms with van der Waals surface area (Å²) in [5.74, 6) is -1.24. The van der Waals surface area contributed by atoms with E-state index in [2.05, 4.69) is 15.9 Å². The summed E-state index contributed by atoms with van der Waals surface area (Å²) in [4.78, 5) is 23.7. The SMILES string of the molecule is O=C(O)c1c(-c2ccco2)oc2ccc(Br)cc2c1=O. The van der Waals surface area contributed by atoms with Crippen LogP contribution in [0.4, 0.5) is 0 Å². The number of carboxylic acids is 1. The van der Waals surface area contributed by atoms with Gasteiger partial charge in [-0.25, -0.2) is 4.79 Å². The Hall–Kier alpha value is -2.34. The smallest absolute Gasteiger partial charge is 0.343 e. The van der Waals surface area contributed by atoms with E-state index in [9.17, 15) is 14.7 Å². The lowest BCUT2D eigenvalue weighted by Crippen LogP contribution is -2.16. The van der Waals surface area contributed by atoms with E-state index in [1.165, 1.54) is 18.4 Å². The van der Waals surface area contributed by atoms with Crippen molar-refractivity contribution in [3.8, 4) is 11.5 Å². The summed E-state index contributed by atoms with van der Waals surface area (Å²) >= 11 is 3.24. The molecule has 0 unspecified atom stereocenters. The van der Waals surface area contributed by atoms with Gasteiger partial charge in [0.2, 0.25) is 5.43 Å². The van der Waals surface area contributed by atoms with Crippen molar-refractivity contribution in [2.24, 2.45) is 0 Å². The third-order valence-corrected chi connectivity index (χ3v) is 3.30. The summed E-state index contributed by atoms with van der Waals surface area (Å²) in [7, 11) is 0. The Balaban J connectivity index is 2.46. The topological polar surface area (TPSA) is 80.7 Å². The van der Waals surface area contributed by atoms with E-state index in [1.54, 1.807) is 18.2 Å². The van der Waals surface area contributed by atoms with Gasteiger partial charge in [0, 0.05) is 4.47 Å². The molecule has 100 valence electrons. The highest BCUT2D eigenvalue weighted by Gasteiger charge is 2.23. The minimum absolute atomic E-state index is 0.0812. The third-order valence-electron chi connectivity index (χ3n) is 2.81. The number of rotatable bonds is 2. The van der Waals surface area contributed by atoms with E-state index >= 15 is 0 Å². The number of hydrogen-bond donors (Lipinski definition) is 1. The van der Waals surface area contributed by atoms with Gasteiger partial charge in [0.15, 0.2) is 17.1 Å². The maximum absolute atomic E-state index is 12.3. The summed E-state index contributed by atoms with van der Waals surface area (Å²) in [6.45, 7) is 0. The van der Waals surface area contributed by atoms with Crippen LogP contribution < -0.4 is 5.43 Å². The lowest BCUT2D eigenvalue weighted by molar-refractivity contribution is 0.0694. The molecule has 0 aliphatic heterocycles. The maximum Gasteiger partial charge on any atom is 0.343 e. The standard InChI is InChI=1S/C14H7BrO5/c15-7-3-4-9-8(6-7)12(16)11(14(17)18)13(20-9)10-2-1-5-19-10/h1-6H,(H,17,18). The lowest BCUT2D eigenvalue weighted by Gasteiger charge is -2.05. The summed E-state index contributed by atoms with van der Waals surface area (Å²) in [6, 6.07) is 7.96. The molecule has 3 aromatic rings. The minimum atomic E-state index is -1.35. The highest BCUT2D eigenvalue weighted by Crippen LogP contribution is 2.27. The fourth-order valence-electron chi connectivity index (χ4n) is 1.94. The fraction of sp³-hybridized carbons (Fsp3) is 0. The first kappa shape index (κ1) is 12.7. The van der Waals surface area contributed by atoms with E-state index in [0.29, 0.717) is 10.1 Å². The van der Waals surface area contributed by atoms with Gasteiger partial charge in [-0.2, -0.15) is 0 Å². The molecule has 0 saturated carbocycles. The summed E-state index contributed by atoms with van der Waals surface area (Å²) in [5.41, 5.74) is -0.744. The van der Waals surface area contributed by atoms with Gasteiger partial charge in [0.05, 0.1) is 11.6 Å². The van der Waals surface area contributed by atoms with Crippen molar-refractivity contribution in [1.29, 1.82) is 0 Å². The molecular weight excluding hydrogens is 328 g/mol. The zero-order chi connectivity index (χ0) is 14.3. The molecule has 0 atom stereocenters. The monoisotopic (exact) mass is 334 g/mol. The van der Waals surface area contributed by atoms with Crippen LogP contribution in [0.15, 0.2) is 54.7 Å². The number of halogens is 1. The molecule has 0 aliphatic carbocycles. The van der Waals surface area contributed by atoms with Crippen molar-refractivity contribution in [3.05, 3.63) is 56.9 Å². The van der Waals surface area contributed by atoms with E-state index < -0.39 is 17.0 Å². The summed E-state index contributed by atoms with van der Waals surface area (Å²) in [6.07, 6.45) is 1.38. The zero-order valence-electron chi connectivity index (χ0n) is 9.92. The van der Waals surface area contributed by atoms with Crippen LogP contribution >= 0.6 is 15.9 Å². The van der Waals surface area contributed by atoms with Gasteiger partial charge in [-0.1, -0.05) is 15.9 Å². The quantitative estimate of drug-likeness (QED) is 0.775. The number of benzene rings is 1. The number of carbonyl (C=O) groups is 1. The molecule has 0 radical (unpaired) electrons. The van der Waals surface area contributed by atoms with E-state index in [-0.39, 0.29) is 16.9 Å². The molecule has 6 heteroatoms. The average molecular weight is 335 g/mol. The van der Waals surface area contributed by atoms with E-state index in [4.69, 9.17) is 8.83 Å². The molecule has 20 heavy (non-hydrogen) atoms. The van der Waals surface area contributed by atoms with Crippen LogP contribution in [0.1, 0.15) is 10.4 Å². The van der Waals surface area contributed by atoms with E-state index in [1.807, 2.05) is 0 Å². The van der Waals surface area contributed by atoms with Crippen LogP contribution in [-0.2, 0) is 0 Å². The van der Waals surface area contributed by atoms with Crippen molar-refractivity contribution < 1.29 is 18.7 Å². The average Bonchev–Trinajstić information content (AvgIpc) is 2.92. The van der Waals surface area contributed by atoms with Crippen LogP contribution in [0.5, 0.6) is 0 Å². The van der Waals surface area contributed by atoms with Crippen LogP contribution in [-0.4, -0.2) is 11.1 Å². The fourth-order valence-corrected chi connectivity index (χ4v) is 2.30. The Bertz CT molecular complexity index is 861. The Morgan fingerprint density at radius 2 is 2.05 bits per heavy atom. The molecule has 0 saturated heterocycles. The highest BCUT2D eigenvalue weighted by molar-refractivity contribution is 9.10. The first-order valence-corrected chi connectivity index (χ1v) is 6.41. The highest BCUT2D eigenvalue weighted by atomic mass is 79.9. The van der Waals surface area contributed by atoms with E-state index in [0.717, 1.165) is 0 Å². The number of furan rings is 1. The Kier molecular flexibility index (Phi) is 2.94. The van der Waals surface area contributed by atoms with Crippen molar-refractivity contribution in [2.45, 2.75) is 0 Å². The van der Waals surface area contributed by atoms with Crippen LogP contribution in [0.3, 0.4) is 0 Å². The number of fused-ring (bicyclic) bond motifs is 1. The number of aromatic carboxylic acids is 1. The second-order valence-corrected chi connectivity index (χ2v) is 4.97. The van der Waals surface area contributed by atoms with Gasteiger partial charge in [0.1, 0.15) is 5.58 Å². The molecule has 0 spiro atoms. The van der Waals surface area contributed by atoms with Crippen LogP contribution in [0, 0.1) is 0 Å². The van der Waals surface area contributed by atoms with Gasteiger partial charge in [-0.3, -0.25) is 4.79 Å². The summed E-state index contributed by atoms with van der Waals surface area (Å²) in [5, 5.41) is 9.46. The predicted molar refractivity (Wildman–Crippen MR) is 74.8 cm³/mol. The molecule has 3 rings (SSSR count). The second-order valence-electron chi connectivity index (χ2n) is 4.06. The molecule has 0 fully saturated rings. The number of carboxylic acid groups (broad SMARTS) is 1. The van der Waals surface area contributed by atoms with Crippen molar-refractivity contribution in [1.82, 2.24) is 0 Å². The van der Waals surface area contributed by atoms with Gasteiger partial charge in [0.25, 0.3) is 0 Å². The largest absolute Gasteiger partial charge is 0.477 e. The first-order chi connectivity index (χ1) is 9.58. The summed E-state index contributed by atoms with van der Waals surface area (Å²) < 4.78 is 11.3. The molecule has 0 bridgehead atoms. The van der Waals surface area contributed by atoms with Gasteiger partial charge >= 0.3 is 5.97 Å². The number of hydrogen-bond acceptors (Lipinski definition) is 4. The normalized spacial score (nSPS) is 10.8. The second kappa shape index (κ2) is 4.64. The zero-order valence-corrected chi connectivity index (χ0v) is 11.5. The first-order valence-electron chi connectivity index (χ1n) is 5.61. The van der Waals surface area contributed by atoms with Crippen molar-refractivity contribution in [3.63, 3.8) is 0 Å². The molecule has 0 aliphatic rings. The Labute approximate surface area is 120 Å². The molecule has 2 aromatic heterocycles. The third kappa shape index (κ3) is 1.94. The lowest BCUT2D eigenvalue weighted by atomic mass is 10.1. The van der Waals surface area contributed by atoms with Gasteiger partial charge in [-0.05, 0) is 30.3 Å². The molecule has 2 heterocycles. The van der Waals surface area contributed by atoms with Gasteiger partial charge < -0.3 is 13.9 Å². The Morgan fingerprint density at radius 1 is 1.25 bits per heavy atom. The molecule has 1 N–H and O–H groups in total. The molecule has 5 nitrogen and oxygen atoms in total. The van der Waals surface area contributed by atoms with Crippen molar-refractivity contribution >= 4 is 32.9 Å². The molecule has 0 amide bonds. The van der Waals surface area contributed by atoms with Crippen LogP contribution in [0.2, 0.25) is 0 Å². The van der Waals surface area contributed by atoms with Gasteiger partial charge in [-0.15, -0.1) is 0 Å².